The topological polar surface area (TPSA) is 64.9 Å². The maximum Gasteiger partial charge on any atom is 0.231 e. The number of hydrogen-bond acceptors (Lipinski definition) is 4. The molecule has 0 saturated heterocycles. The highest BCUT2D eigenvalue weighted by Gasteiger charge is 2.30. The summed E-state index contributed by atoms with van der Waals surface area (Å²) in [6.07, 6.45) is 3.99. The summed E-state index contributed by atoms with van der Waals surface area (Å²) in [5.41, 5.74) is 8.52. The molecule has 1 aliphatic carbocycles. The molecule has 1 aromatic heterocycles. The maximum absolute atomic E-state index is 6.06. The van der Waals surface area contributed by atoms with Crippen LogP contribution in [0.4, 0.5) is 0 Å². The fourth-order valence-corrected chi connectivity index (χ4v) is 2.67. The van der Waals surface area contributed by atoms with E-state index in [1.54, 1.807) is 0 Å². The predicted octanol–water partition coefficient (Wildman–Crippen LogP) is 2.56. The van der Waals surface area contributed by atoms with Crippen molar-refractivity contribution in [3.8, 4) is 0 Å². The predicted molar refractivity (Wildman–Crippen MR) is 72.9 cm³/mol. The van der Waals surface area contributed by atoms with Gasteiger partial charge in [0.1, 0.15) is 0 Å². The molecule has 19 heavy (non-hydrogen) atoms. The number of rotatable bonds is 3. The van der Waals surface area contributed by atoms with Gasteiger partial charge < -0.3 is 10.3 Å². The third kappa shape index (κ3) is 2.68. The molecule has 4 nitrogen and oxygen atoms in total. The molecule has 2 aromatic rings. The van der Waals surface area contributed by atoms with Gasteiger partial charge in [-0.1, -0.05) is 41.4 Å². The lowest BCUT2D eigenvalue weighted by Gasteiger charge is -2.08. The summed E-state index contributed by atoms with van der Waals surface area (Å²) < 4.78 is 5.37. The Morgan fingerprint density at radius 2 is 2.05 bits per heavy atom. The number of aromatic nitrogens is 2. The Bertz CT molecular complexity index is 547. The van der Waals surface area contributed by atoms with Gasteiger partial charge in [-0.2, -0.15) is 4.98 Å². The Labute approximate surface area is 113 Å². The lowest BCUT2D eigenvalue weighted by atomic mass is 10.0. The third-order valence-corrected chi connectivity index (χ3v) is 3.85. The number of nitrogens with two attached hydrogens (primary N) is 1. The Kier molecular flexibility index (Phi) is 3.34. The second-order valence-corrected chi connectivity index (χ2v) is 5.41. The first kappa shape index (κ1) is 12.4. The molecule has 0 bridgehead atoms. The third-order valence-electron chi connectivity index (χ3n) is 3.85. The van der Waals surface area contributed by atoms with Gasteiger partial charge in [-0.25, -0.2) is 0 Å². The molecule has 2 unspecified atom stereocenters. The van der Waals surface area contributed by atoms with Gasteiger partial charge in [0.15, 0.2) is 5.82 Å². The summed E-state index contributed by atoms with van der Waals surface area (Å²) in [6, 6.07) is 8.58. The molecule has 0 aliphatic heterocycles. The van der Waals surface area contributed by atoms with Crippen LogP contribution in [-0.2, 0) is 6.42 Å². The standard InChI is InChI=1S/C15H19N3O/c1-10-5-7-11(8-6-10)9-14-17-15(19-18-14)12-3-2-4-13(12)16/h5-8,12-13H,2-4,9,16H2,1H3. The van der Waals surface area contributed by atoms with Crippen LogP contribution in [0, 0.1) is 6.92 Å². The molecule has 0 radical (unpaired) electrons. The largest absolute Gasteiger partial charge is 0.339 e. The molecule has 1 fully saturated rings. The summed E-state index contributed by atoms with van der Waals surface area (Å²) in [6.45, 7) is 2.08. The molecule has 4 heteroatoms. The number of benzene rings is 1. The lowest BCUT2D eigenvalue weighted by molar-refractivity contribution is 0.342. The first-order chi connectivity index (χ1) is 9.22. The van der Waals surface area contributed by atoms with Gasteiger partial charge in [0.25, 0.3) is 0 Å². The van der Waals surface area contributed by atoms with E-state index in [2.05, 4.69) is 41.3 Å². The Morgan fingerprint density at radius 3 is 2.74 bits per heavy atom. The molecule has 3 rings (SSSR count). The zero-order valence-electron chi connectivity index (χ0n) is 11.2. The van der Waals surface area contributed by atoms with Crippen molar-refractivity contribution in [3.63, 3.8) is 0 Å². The van der Waals surface area contributed by atoms with Crippen LogP contribution in [0.5, 0.6) is 0 Å². The lowest BCUT2D eigenvalue weighted by Crippen LogP contribution is -2.22. The number of nitrogens with zero attached hydrogens (tertiary/aromatic N) is 2. The van der Waals surface area contributed by atoms with Gasteiger partial charge in [-0.15, -0.1) is 0 Å². The quantitative estimate of drug-likeness (QED) is 0.917. The summed E-state index contributed by atoms with van der Waals surface area (Å²) in [5, 5.41) is 4.07. The highest BCUT2D eigenvalue weighted by Crippen LogP contribution is 2.32. The first-order valence-electron chi connectivity index (χ1n) is 6.86. The molecule has 0 amide bonds. The van der Waals surface area contributed by atoms with E-state index in [-0.39, 0.29) is 12.0 Å². The van der Waals surface area contributed by atoms with Crippen molar-refractivity contribution in [2.24, 2.45) is 5.73 Å². The first-order valence-corrected chi connectivity index (χ1v) is 6.86. The molecule has 0 spiro atoms. The van der Waals surface area contributed by atoms with E-state index >= 15 is 0 Å². The molecule has 2 N–H and O–H groups in total. The summed E-state index contributed by atoms with van der Waals surface area (Å²) >= 11 is 0. The van der Waals surface area contributed by atoms with Gasteiger partial charge in [0.05, 0.1) is 5.92 Å². The molecule has 1 saturated carbocycles. The normalized spacial score (nSPS) is 22.8. The maximum atomic E-state index is 6.06. The number of aryl methyl sites for hydroxylation is 1. The van der Waals surface area contributed by atoms with Crippen molar-refractivity contribution in [1.82, 2.24) is 10.1 Å². The second kappa shape index (κ2) is 5.13. The van der Waals surface area contributed by atoms with E-state index in [0.717, 1.165) is 25.1 Å². The zero-order valence-corrected chi connectivity index (χ0v) is 11.2. The van der Waals surface area contributed by atoms with Crippen LogP contribution < -0.4 is 5.73 Å². The van der Waals surface area contributed by atoms with Crippen molar-refractivity contribution < 1.29 is 4.52 Å². The molecule has 1 heterocycles. The fourth-order valence-electron chi connectivity index (χ4n) is 2.67. The Hall–Kier alpha value is -1.68. The fraction of sp³-hybridized carbons (Fsp3) is 0.467. The van der Waals surface area contributed by atoms with Gasteiger partial charge in [-0.05, 0) is 25.3 Å². The highest BCUT2D eigenvalue weighted by atomic mass is 16.5. The van der Waals surface area contributed by atoms with Crippen molar-refractivity contribution in [2.75, 3.05) is 0 Å². The van der Waals surface area contributed by atoms with E-state index < -0.39 is 0 Å². The SMILES string of the molecule is Cc1ccc(Cc2noc(C3CCCC3N)n2)cc1. The van der Waals surface area contributed by atoms with Crippen LogP contribution >= 0.6 is 0 Å². The smallest absolute Gasteiger partial charge is 0.231 e. The highest BCUT2D eigenvalue weighted by molar-refractivity contribution is 5.23. The Morgan fingerprint density at radius 1 is 1.26 bits per heavy atom. The minimum absolute atomic E-state index is 0.174. The summed E-state index contributed by atoms with van der Waals surface area (Å²) in [5.74, 6) is 1.71. The molecule has 1 aromatic carbocycles. The van der Waals surface area contributed by atoms with Crippen LogP contribution in [0.1, 0.15) is 48.0 Å². The van der Waals surface area contributed by atoms with Crippen LogP contribution in [0.15, 0.2) is 28.8 Å². The summed E-state index contributed by atoms with van der Waals surface area (Å²) in [7, 11) is 0. The molecular weight excluding hydrogens is 238 g/mol. The average molecular weight is 257 g/mol. The zero-order chi connectivity index (χ0) is 13.2. The van der Waals surface area contributed by atoms with Gasteiger partial charge in [0.2, 0.25) is 5.89 Å². The molecule has 1 aliphatic rings. The van der Waals surface area contributed by atoms with Gasteiger partial charge >= 0.3 is 0 Å². The van der Waals surface area contributed by atoms with Crippen molar-refractivity contribution in [2.45, 2.75) is 44.6 Å². The monoisotopic (exact) mass is 257 g/mol. The molecule has 100 valence electrons. The van der Waals surface area contributed by atoms with Crippen molar-refractivity contribution >= 4 is 0 Å². The second-order valence-electron chi connectivity index (χ2n) is 5.41. The Balaban J connectivity index is 1.72. The van der Waals surface area contributed by atoms with Crippen LogP contribution in [-0.4, -0.2) is 16.2 Å². The van der Waals surface area contributed by atoms with E-state index in [9.17, 15) is 0 Å². The minimum atomic E-state index is 0.174. The van der Waals surface area contributed by atoms with E-state index in [4.69, 9.17) is 10.3 Å². The van der Waals surface area contributed by atoms with E-state index in [1.165, 1.54) is 11.1 Å². The van der Waals surface area contributed by atoms with Crippen LogP contribution in [0.3, 0.4) is 0 Å². The molecular formula is C15H19N3O. The van der Waals surface area contributed by atoms with Crippen LogP contribution in [0.2, 0.25) is 0 Å². The molecule has 2 atom stereocenters. The van der Waals surface area contributed by atoms with Gasteiger partial charge in [0, 0.05) is 12.5 Å². The summed E-state index contributed by atoms with van der Waals surface area (Å²) in [4.78, 5) is 4.50. The van der Waals surface area contributed by atoms with Gasteiger partial charge in [-0.3, -0.25) is 0 Å². The number of hydrogen-bond donors (Lipinski definition) is 1. The van der Waals surface area contributed by atoms with Crippen molar-refractivity contribution in [1.29, 1.82) is 0 Å². The van der Waals surface area contributed by atoms with E-state index in [1.807, 2.05) is 0 Å². The van der Waals surface area contributed by atoms with Crippen LogP contribution in [0.25, 0.3) is 0 Å². The van der Waals surface area contributed by atoms with E-state index in [0.29, 0.717) is 12.3 Å². The van der Waals surface area contributed by atoms with Crippen molar-refractivity contribution in [3.05, 3.63) is 47.1 Å². The average Bonchev–Trinajstić information content (AvgIpc) is 3.01. The minimum Gasteiger partial charge on any atom is -0.339 e.